The number of halogens is 1. The van der Waals surface area contributed by atoms with E-state index in [0.717, 1.165) is 5.56 Å². The second-order valence-electron chi connectivity index (χ2n) is 7.87. The van der Waals surface area contributed by atoms with E-state index in [1.165, 1.54) is 16.8 Å². The van der Waals surface area contributed by atoms with Gasteiger partial charge in [0.05, 0.1) is 28.3 Å². The van der Waals surface area contributed by atoms with Crippen molar-refractivity contribution < 1.29 is 48.7 Å². The Bertz CT molecular complexity index is 1570. The average molecular weight is 510 g/mol. The van der Waals surface area contributed by atoms with E-state index >= 15 is 0 Å². The van der Waals surface area contributed by atoms with Crippen LogP contribution in [0.15, 0.2) is 71.3 Å². The summed E-state index contributed by atoms with van der Waals surface area (Å²) in [5, 5.41) is 16.8. The van der Waals surface area contributed by atoms with Crippen LogP contribution < -0.4 is 34.7 Å². The van der Waals surface area contributed by atoms with Gasteiger partial charge in [0.25, 0.3) is 5.91 Å². The van der Waals surface area contributed by atoms with E-state index in [1.807, 2.05) is 25.1 Å². The normalized spacial score (nSPS) is 10.5. The summed E-state index contributed by atoms with van der Waals surface area (Å²) in [6.45, 7) is 3.61. The van der Waals surface area contributed by atoms with E-state index in [-0.39, 0.29) is 48.5 Å². The van der Waals surface area contributed by atoms with Crippen LogP contribution in [0.3, 0.4) is 0 Å². The predicted molar refractivity (Wildman–Crippen MR) is 132 cm³/mol. The molecule has 0 fully saturated rings. The average Bonchev–Trinajstić information content (AvgIpc) is 3.42. The SMILES string of the molecule is C.Cc1cnc(-c2ccc3c(-c4ccc(C(=O)[O-])cc4)nn(C(=O)c4c(C)cccc4Cl)c3c2)o1.[Na+]. The molecule has 0 spiro atoms. The third-order valence-electron chi connectivity index (χ3n) is 5.57. The van der Waals surface area contributed by atoms with Crippen molar-refractivity contribution >= 4 is 34.4 Å². The number of benzene rings is 3. The van der Waals surface area contributed by atoms with Gasteiger partial charge in [-0.3, -0.25) is 4.79 Å². The molecule has 176 valence electrons. The summed E-state index contributed by atoms with van der Waals surface area (Å²) < 4.78 is 6.97. The quantitative estimate of drug-likeness (QED) is 0.345. The first-order valence-corrected chi connectivity index (χ1v) is 10.8. The molecule has 0 aliphatic rings. The topological polar surface area (TPSA) is 101 Å². The van der Waals surface area contributed by atoms with Crippen molar-refractivity contribution in [3.05, 3.63) is 94.3 Å². The van der Waals surface area contributed by atoms with Crippen LogP contribution >= 0.6 is 11.6 Å². The molecule has 9 heteroatoms. The first-order valence-electron chi connectivity index (χ1n) is 10.4. The number of carboxylic acid groups (broad SMARTS) is 1. The van der Waals surface area contributed by atoms with Crippen molar-refractivity contribution in [1.29, 1.82) is 0 Å². The second kappa shape index (κ2) is 10.8. The first kappa shape index (κ1) is 27.4. The molecular weight excluding hydrogens is 489 g/mol. The zero-order valence-electron chi connectivity index (χ0n) is 19.2. The van der Waals surface area contributed by atoms with Gasteiger partial charge in [0.15, 0.2) is 0 Å². The zero-order chi connectivity index (χ0) is 24.0. The summed E-state index contributed by atoms with van der Waals surface area (Å²) in [5.74, 6) is -0.558. The number of carbonyl (C=O) groups is 2. The molecule has 0 radical (unpaired) electrons. The summed E-state index contributed by atoms with van der Waals surface area (Å²) in [5.41, 5.74) is 3.52. The summed E-state index contributed by atoms with van der Waals surface area (Å²) >= 11 is 6.38. The van der Waals surface area contributed by atoms with Gasteiger partial charge in [0, 0.05) is 16.5 Å². The smallest absolute Gasteiger partial charge is 0.545 e. The van der Waals surface area contributed by atoms with Crippen LogP contribution in [0.2, 0.25) is 5.02 Å². The summed E-state index contributed by atoms with van der Waals surface area (Å²) in [6.07, 6.45) is 1.62. The molecule has 5 rings (SSSR count). The van der Waals surface area contributed by atoms with Crippen molar-refractivity contribution in [1.82, 2.24) is 14.8 Å². The van der Waals surface area contributed by atoms with Gasteiger partial charge < -0.3 is 14.3 Å². The molecule has 0 saturated carbocycles. The number of hydrogen-bond acceptors (Lipinski definition) is 6. The Hall–Kier alpha value is -3.23. The molecule has 0 atom stereocenters. The number of oxazole rings is 1. The van der Waals surface area contributed by atoms with E-state index in [0.29, 0.717) is 50.0 Å². The molecule has 0 N–H and O–H groups in total. The number of aromatic carboxylic acids is 1. The van der Waals surface area contributed by atoms with Crippen LogP contribution in [-0.4, -0.2) is 26.6 Å². The van der Waals surface area contributed by atoms with Crippen LogP contribution in [0.5, 0.6) is 0 Å². The number of aryl methyl sites for hydroxylation is 2. The minimum absolute atomic E-state index is 0. The van der Waals surface area contributed by atoms with Crippen molar-refractivity contribution in [2.75, 3.05) is 0 Å². The minimum atomic E-state index is -1.27. The number of aromatic nitrogens is 3. The van der Waals surface area contributed by atoms with Gasteiger partial charge in [-0.25, -0.2) is 4.98 Å². The number of carboxylic acids is 1. The minimum Gasteiger partial charge on any atom is -0.545 e. The fraction of sp³-hybridized carbons (Fsp3) is 0.111. The predicted octanol–water partition coefficient (Wildman–Crippen LogP) is 2.32. The van der Waals surface area contributed by atoms with E-state index in [9.17, 15) is 14.7 Å². The molecule has 7 nitrogen and oxygen atoms in total. The molecule has 2 aromatic heterocycles. The van der Waals surface area contributed by atoms with Crippen LogP contribution in [0.4, 0.5) is 0 Å². The second-order valence-corrected chi connectivity index (χ2v) is 8.28. The van der Waals surface area contributed by atoms with Crippen LogP contribution in [0.1, 0.15) is 39.5 Å². The van der Waals surface area contributed by atoms with Gasteiger partial charge in [0.2, 0.25) is 5.89 Å². The Labute approximate surface area is 235 Å². The van der Waals surface area contributed by atoms with Crippen LogP contribution in [0, 0.1) is 13.8 Å². The van der Waals surface area contributed by atoms with Crippen molar-refractivity contribution in [2.24, 2.45) is 0 Å². The first-order chi connectivity index (χ1) is 16.3. The maximum atomic E-state index is 13.6. The maximum Gasteiger partial charge on any atom is 1.00 e. The molecular formula is C27H21ClN3NaO4. The Morgan fingerprint density at radius 3 is 2.31 bits per heavy atom. The third kappa shape index (κ3) is 4.88. The standard InChI is InChI=1S/C26H18ClN3O4.CH4.Na/c1-14-4-3-5-20(27)22(14)25(31)30-21-12-18(24-28-13-15(2)34-24)10-11-19(21)23(29-30)16-6-8-17(9-7-16)26(32)33;;/h3-13H,1-2H3,(H,32,33);1H4;/q;;+1/p-1. The van der Waals surface area contributed by atoms with Gasteiger partial charge in [-0.1, -0.05) is 55.4 Å². The van der Waals surface area contributed by atoms with Crippen molar-refractivity contribution in [2.45, 2.75) is 21.3 Å². The van der Waals surface area contributed by atoms with Gasteiger partial charge in [-0.15, -0.1) is 0 Å². The fourth-order valence-corrected chi connectivity index (χ4v) is 4.18. The molecule has 0 unspecified atom stereocenters. The third-order valence-corrected chi connectivity index (χ3v) is 5.89. The summed E-state index contributed by atoms with van der Waals surface area (Å²) in [4.78, 5) is 29.1. The van der Waals surface area contributed by atoms with E-state index in [4.69, 9.17) is 16.0 Å². The fourth-order valence-electron chi connectivity index (χ4n) is 3.88. The zero-order valence-corrected chi connectivity index (χ0v) is 22.0. The monoisotopic (exact) mass is 509 g/mol. The molecule has 36 heavy (non-hydrogen) atoms. The van der Waals surface area contributed by atoms with Gasteiger partial charge in [0.1, 0.15) is 11.5 Å². The van der Waals surface area contributed by atoms with Gasteiger partial charge >= 0.3 is 29.6 Å². The summed E-state index contributed by atoms with van der Waals surface area (Å²) in [7, 11) is 0. The molecule has 0 amide bonds. The molecule has 5 aromatic rings. The number of fused-ring (bicyclic) bond motifs is 1. The molecule has 0 aliphatic heterocycles. The van der Waals surface area contributed by atoms with Crippen molar-refractivity contribution in [3.8, 4) is 22.7 Å². The number of nitrogens with zero attached hydrogens (tertiary/aromatic N) is 3. The summed E-state index contributed by atoms with van der Waals surface area (Å²) in [6, 6.07) is 16.9. The molecule has 2 heterocycles. The van der Waals surface area contributed by atoms with Crippen LogP contribution in [-0.2, 0) is 0 Å². The Morgan fingerprint density at radius 1 is 1.00 bits per heavy atom. The Morgan fingerprint density at radius 2 is 1.69 bits per heavy atom. The Kier molecular flexibility index (Phi) is 8.21. The number of rotatable bonds is 4. The van der Waals surface area contributed by atoms with Gasteiger partial charge in [-0.05, 0) is 49.2 Å². The van der Waals surface area contributed by atoms with E-state index in [1.54, 1.807) is 43.5 Å². The Balaban J connectivity index is 0.00000180. The number of carbonyl (C=O) groups excluding carboxylic acids is 2. The molecule has 0 bridgehead atoms. The molecule has 0 saturated heterocycles. The molecule has 0 aliphatic carbocycles. The van der Waals surface area contributed by atoms with Gasteiger partial charge in [-0.2, -0.15) is 9.78 Å². The molecule has 3 aromatic carbocycles. The van der Waals surface area contributed by atoms with E-state index < -0.39 is 5.97 Å². The van der Waals surface area contributed by atoms with Crippen molar-refractivity contribution in [3.63, 3.8) is 0 Å². The largest absolute Gasteiger partial charge is 1.00 e. The van der Waals surface area contributed by atoms with Crippen LogP contribution in [0.25, 0.3) is 33.6 Å². The number of hydrogen-bond donors (Lipinski definition) is 0. The maximum absolute atomic E-state index is 13.6. The van der Waals surface area contributed by atoms with E-state index in [2.05, 4.69) is 10.1 Å².